The number of rotatable bonds is 5. The topological polar surface area (TPSA) is 16.4 Å². The Bertz CT molecular complexity index is 3270. The number of fused-ring (bicyclic) bond motifs is 13. The fourth-order valence-corrected chi connectivity index (χ4v) is 11.0. The van der Waals surface area contributed by atoms with Crippen LogP contribution in [0, 0.1) is 0 Å². The van der Waals surface area contributed by atoms with Crippen molar-refractivity contribution in [2.24, 2.45) is 0 Å². The van der Waals surface area contributed by atoms with Crippen LogP contribution in [0.4, 0.5) is 17.1 Å². The van der Waals surface area contributed by atoms with E-state index in [1.165, 1.54) is 64.3 Å². The molecule has 0 atom stereocenters. The molecule has 0 spiro atoms. The number of benzene rings is 9. The number of hydrogen-bond acceptors (Lipinski definition) is 3. The van der Waals surface area contributed by atoms with E-state index in [-0.39, 0.29) is 0 Å². The summed E-state index contributed by atoms with van der Waals surface area (Å²) in [7, 11) is 0. The van der Waals surface area contributed by atoms with Crippen LogP contribution in [0.25, 0.3) is 64.0 Å². The van der Waals surface area contributed by atoms with Gasteiger partial charge in [-0.2, -0.15) is 0 Å². The van der Waals surface area contributed by atoms with Crippen LogP contribution in [0.3, 0.4) is 0 Å². The molecule has 11 aromatic rings. The minimum atomic E-state index is -0.497. The molecular weight excluding hydrogens is 699 g/mol. The molecule has 0 bridgehead atoms. The lowest BCUT2D eigenvalue weighted by atomic mass is 9.67. The Hall–Kier alpha value is -6.94. The van der Waals surface area contributed by atoms with Crippen molar-refractivity contribution in [2.45, 2.75) is 5.41 Å². The Balaban J connectivity index is 1.17. The molecule has 0 saturated carbocycles. The van der Waals surface area contributed by atoms with Crippen LogP contribution in [-0.4, -0.2) is 0 Å². The summed E-state index contributed by atoms with van der Waals surface area (Å²) in [5, 5.41) is 7.25. The number of para-hydroxylation sites is 2. The molecule has 0 N–H and O–H groups in total. The second-order valence-corrected chi connectivity index (χ2v) is 15.8. The minimum Gasteiger partial charge on any atom is -0.455 e. The average molecular weight is 732 g/mol. The highest BCUT2D eigenvalue weighted by Crippen LogP contribution is 2.58. The summed E-state index contributed by atoms with van der Waals surface area (Å²) in [5.41, 5.74) is 12.4. The summed E-state index contributed by atoms with van der Waals surface area (Å²) < 4.78 is 9.15. The molecule has 0 radical (unpaired) electrons. The van der Waals surface area contributed by atoms with Gasteiger partial charge in [-0.3, -0.25) is 0 Å². The first-order valence-electron chi connectivity index (χ1n) is 19.2. The molecule has 0 aliphatic heterocycles. The van der Waals surface area contributed by atoms with Gasteiger partial charge in [-0.05, 0) is 75.2 Å². The van der Waals surface area contributed by atoms with Gasteiger partial charge >= 0.3 is 0 Å². The van der Waals surface area contributed by atoms with Crippen molar-refractivity contribution < 1.29 is 4.42 Å². The van der Waals surface area contributed by atoms with Gasteiger partial charge in [-0.1, -0.05) is 164 Å². The van der Waals surface area contributed by atoms with E-state index in [4.69, 9.17) is 4.42 Å². The average Bonchev–Trinajstić information content (AvgIpc) is 3.94. The normalized spacial score (nSPS) is 13.1. The lowest BCUT2D eigenvalue weighted by Gasteiger charge is -2.35. The molecule has 2 heterocycles. The number of thiophene rings is 1. The fraction of sp³-hybridized carbons (Fsp3) is 0.0189. The molecule has 2 aromatic heterocycles. The summed E-state index contributed by atoms with van der Waals surface area (Å²) >= 11 is 1.88. The summed E-state index contributed by atoms with van der Waals surface area (Å²) in [6, 6.07) is 73.1. The molecule has 1 aliphatic carbocycles. The first-order chi connectivity index (χ1) is 27.8. The highest BCUT2D eigenvalue weighted by atomic mass is 32.1. The SMILES string of the molecule is c1ccc(N(c2ccc3c(c2)C(c2ccccc2)(c2ccccc2)c2ccccc2-3)c2cccc3c2sc2c3c3ccccc3c3oc4ccccc4c32)cc1. The summed E-state index contributed by atoms with van der Waals surface area (Å²) in [6.07, 6.45) is 0. The van der Waals surface area contributed by atoms with E-state index in [0.717, 1.165) is 39.0 Å². The standard InChI is InChI=1S/C53H33NOS/c1-4-17-34(18-5-1)53(35-19-6-2-7-20-35)44-28-14-12-23-38(44)39-32-31-37(33-45(39)53)54(36-21-8-3-9-22-36)46-29-16-27-43-48-40-24-10-11-25-41(40)50-49(52(48)56-51(43)46)42-26-13-15-30-47(42)55-50/h1-33H. The highest BCUT2D eigenvalue weighted by molar-refractivity contribution is 7.27. The number of anilines is 3. The van der Waals surface area contributed by atoms with Crippen LogP contribution < -0.4 is 4.90 Å². The molecule has 56 heavy (non-hydrogen) atoms. The van der Waals surface area contributed by atoms with Gasteiger partial charge in [0.2, 0.25) is 0 Å². The molecule has 262 valence electrons. The second-order valence-electron chi connectivity index (χ2n) is 14.7. The maximum absolute atomic E-state index is 6.64. The van der Waals surface area contributed by atoms with Crippen LogP contribution in [-0.2, 0) is 5.41 Å². The highest BCUT2D eigenvalue weighted by Gasteiger charge is 2.46. The third kappa shape index (κ3) is 4.26. The fourth-order valence-electron chi connectivity index (χ4n) is 9.66. The quantitative estimate of drug-likeness (QED) is 0.175. The van der Waals surface area contributed by atoms with Gasteiger partial charge in [0, 0.05) is 43.0 Å². The van der Waals surface area contributed by atoms with Crippen molar-refractivity contribution in [1.29, 1.82) is 0 Å². The minimum absolute atomic E-state index is 0.497. The predicted molar refractivity (Wildman–Crippen MR) is 236 cm³/mol. The lowest BCUT2D eigenvalue weighted by molar-refractivity contribution is 0.673. The molecule has 2 nitrogen and oxygen atoms in total. The van der Waals surface area contributed by atoms with Crippen molar-refractivity contribution in [3.8, 4) is 11.1 Å². The Kier molecular flexibility index (Phi) is 6.75. The summed E-state index contributed by atoms with van der Waals surface area (Å²) in [4.78, 5) is 2.47. The smallest absolute Gasteiger partial charge is 0.144 e. The Labute approximate surface area is 328 Å². The molecule has 0 fully saturated rings. The number of furan rings is 1. The lowest BCUT2D eigenvalue weighted by Crippen LogP contribution is -2.28. The van der Waals surface area contributed by atoms with E-state index < -0.39 is 5.41 Å². The van der Waals surface area contributed by atoms with E-state index in [0.29, 0.717) is 0 Å². The monoisotopic (exact) mass is 731 g/mol. The second kappa shape index (κ2) is 12.0. The molecule has 0 amide bonds. The molecule has 0 saturated heterocycles. The third-order valence-electron chi connectivity index (χ3n) is 11.9. The molecule has 0 unspecified atom stereocenters. The summed E-state index contributed by atoms with van der Waals surface area (Å²) in [5.74, 6) is 0. The van der Waals surface area contributed by atoms with Crippen molar-refractivity contribution in [3.05, 3.63) is 222 Å². The molecule has 3 heteroatoms. The van der Waals surface area contributed by atoms with Gasteiger partial charge in [0.15, 0.2) is 0 Å². The van der Waals surface area contributed by atoms with Crippen molar-refractivity contribution in [1.82, 2.24) is 0 Å². The van der Waals surface area contributed by atoms with E-state index in [1.807, 2.05) is 11.3 Å². The van der Waals surface area contributed by atoms with Gasteiger partial charge in [0.05, 0.1) is 15.8 Å². The van der Waals surface area contributed by atoms with Gasteiger partial charge in [-0.15, -0.1) is 11.3 Å². The third-order valence-corrected chi connectivity index (χ3v) is 13.2. The molecule has 12 rings (SSSR count). The largest absolute Gasteiger partial charge is 0.455 e. The molecular formula is C53H33NOS. The predicted octanol–water partition coefficient (Wildman–Crippen LogP) is 14.9. The first kappa shape index (κ1) is 31.4. The first-order valence-corrected chi connectivity index (χ1v) is 20.0. The number of hydrogen-bond donors (Lipinski definition) is 0. The van der Waals surface area contributed by atoms with Crippen LogP contribution >= 0.6 is 11.3 Å². The molecule has 1 aliphatic rings. The molecule has 9 aromatic carbocycles. The van der Waals surface area contributed by atoms with Crippen LogP contribution in [0.1, 0.15) is 22.3 Å². The van der Waals surface area contributed by atoms with Gasteiger partial charge in [0.1, 0.15) is 11.2 Å². The zero-order valence-corrected chi connectivity index (χ0v) is 31.1. The Morgan fingerprint density at radius 3 is 1.79 bits per heavy atom. The van der Waals surface area contributed by atoms with Gasteiger partial charge < -0.3 is 9.32 Å². The van der Waals surface area contributed by atoms with E-state index in [2.05, 4.69) is 205 Å². The maximum Gasteiger partial charge on any atom is 0.144 e. The van der Waals surface area contributed by atoms with Crippen LogP contribution in [0.2, 0.25) is 0 Å². The van der Waals surface area contributed by atoms with Gasteiger partial charge in [-0.25, -0.2) is 0 Å². The van der Waals surface area contributed by atoms with Crippen molar-refractivity contribution >= 4 is 81.3 Å². The summed E-state index contributed by atoms with van der Waals surface area (Å²) in [6.45, 7) is 0. The van der Waals surface area contributed by atoms with Crippen LogP contribution in [0.15, 0.2) is 205 Å². The van der Waals surface area contributed by atoms with Gasteiger partial charge in [0.25, 0.3) is 0 Å². The van der Waals surface area contributed by atoms with E-state index in [9.17, 15) is 0 Å². The Morgan fingerprint density at radius 1 is 0.411 bits per heavy atom. The maximum atomic E-state index is 6.64. The zero-order valence-electron chi connectivity index (χ0n) is 30.3. The Morgan fingerprint density at radius 2 is 1.02 bits per heavy atom. The van der Waals surface area contributed by atoms with Crippen molar-refractivity contribution in [3.63, 3.8) is 0 Å². The van der Waals surface area contributed by atoms with E-state index >= 15 is 0 Å². The van der Waals surface area contributed by atoms with Crippen molar-refractivity contribution in [2.75, 3.05) is 4.90 Å². The van der Waals surface area contributed by atoms with Crippen LogP contribution in [0.5, 0.6) is 0 Å². The van der Waals surface area contributed by atoms with E-state index in [1.54, 1.807) is 0 Å². The number of nitrogens with zero attached hydrogens (tertiary/aromatic N) is 1. The zero-order chi connectivity index (χ0) is 36.8.